The fourth-order valence-corrected chi connectivity index (χ4v) is 6.96. The molecule has 3 amide bonds. The lowest BCUT2D eigenvalue weighted by atomic mass is 10.0. The van der Waals surface area contributed by atoms with Gasteiger partial charge in [-0.2, -0.15) is 0 Å². The summed E-state index contributed by atoms with van der Waals surface area (Å²) in [7, 11) is 0. The van der Waals surface area contributed by atoms with Crippen LogP contribution in [-0.2, 0) is 14.4 Å². The van der Waals surface area contributed by atoms with Crippen molar-refractivity contribution in [3.05, 3.63) is 48.3 Å². The molecule has 2 saturated heterocycles. The Bertz CT molecular complexity index is 1640. The van der Waals surface area contributed by atoms with Gasteiger partial charge in [-0.3, -0.25) is 38.9 Å². The van der Waals surface area contributed by atoms with Crippen LogP contribution in [0.5, 0.6) is 5.75 Å². The Morgan fingerprint density at radius 2 is 1.73 bits per heavy atom. The molecule has 2 atom stereocenters. The number of carboxylic acid groups (broad SMARTS) is 1. The monoisotopic (exact) mass is 763 g/mol. The summed E-state index contributed by atoms with van der Waals surface area (Å²) in [5.74, 6) is 5.10. The number of carboxylic acids is 1. The second-order valence-electron chi connectivity index (χ2n) is 14.4. The first-order valence-electron chi connectivity index (χ1n) is 19.5. The molecule has 300 valence electrons. The molecule has 2 N–H and O–H groups in total. The lowest BCUT2D eigenvalue weighted by Gasteiger charge is -2.36. The number of hydrogen-bond acceptors (Lipinski definition) is 9. The minimum atomic E-state index is -1.52. The summed E-state index contributed by atoms with van der Waals surface area (Å²) in [5.41, 5.74) is 0.222. The van der Waals surface area contributed by atoms with E-state index in [2.05, 4.69) is 31.9 Å². The normalized spacial score (nSPS) is 18.6. The van der Waals surface area contributed by atoms with Gasteiger partial charge >= 0.3 is 5.97 Å². The van der Waals surface area contributed by atoms with Crippen LogP contribution in [0.4, 0.5) is 4.39 Å². The summed E-state index contributed by atoms with van der Waals surface area (Å²) in [6.45, 7) is 14.5. The largest absolute Gasteiger partial charge is 0.494 e. The van der Waals surface area contributed by atoms with Gasteiger partial charge in [-0.25, -0.2) is 4.39 Å². The van der Waals surface area contributed by atoms with E-state index in [1.807, 2.05) is 54.8 Å². The molecule has 0 saturated carbocycles. The van der Waals surface area contributed by atoms with Crippen LogP contribution in [-0.4, -0.2) is 162 Å². The van der Waals surface area contributed by atoms with Crippen molar-refractivity contribution >= 4 is 23.7 Å². The molecule has 13 nitrogen and oxygen atoms in total. The van der Waals surface area contributed by atoms with Crippen molar-refractivity contribution < 1.29 is 33.4 Å². The summed E-state index contributed by atoms with van der Waals surface area (Å²) >= 11 is 0. The molecule has 2 aliphatic heterocycles. The van der Waals surface area contributed by atoms with E-state index in [-0.39, 0.29) is 37.9 Å². The SMILES string of the molecule is CCC#C[C@@H]1CC(C)(F)CN1C(=O)CNC(=O)c1ccncc1-c1ccc(OCCCN2CCN(C(=O)CN(CC)CCN(CCC)CC(=O)O)CC2)cc1. The zero-order chi connectivity index (χ0) is 39.8. The van der Waals surface area contributed by atoms with Gasteiger partial charge in [-0.05, 0) is 56.6 Å². The Labute approximate surface area is 325 Å². The summed E-state index contributed by atoms with van der Waals surface area (Å²) in [6.07, 6.45) is 5.60. The molecule has 14 heteroatoms. The van der Waals surface area contributed by atoms with Crippen molar-refractivity contribution in [3.63, 3.8) is 0 Å². The van der Waals surface area contributed by atoms with Crippen molar-refractivity contribution in [1.82, 2.24) is 34.8 Å². The molecule has 55 heavy (non-hydrogen) atoms. The number of benzene rings is 1. The van der Waals surface area contributed by atoms with Gasteiger partial charge in [0, 0.05) is 76.6 Å². The number of carbonyl (C=O) groups excluding carboxylic acids is 3. The molecular weight excluding hydrogens is 705 g/mol. The van der Waals surface area contributed by atoms with E-state index >= 15 is 0 Å². The van der Waals surface area contributed by atoms with E-state index < -0.39 is 23.6 Å². The Balaban J connectivity index is 1.18. The van der Waals surface area contributed by atoms with Crippen LogP contribution in [0.2, 0.25) is 0 Å². The summed E-state index contributed by atoms with van der Waals surface area (Å²) < 4.78 is 20.8. The van der Waals surface area contributed by atoms with Gasteiger partial charge in [0.25, 0.3) is 5.91 Å². The van der Waals surface area contributed by atoms with E-state index in [4.69, 9.17) is 4.74 Å². The lowest BCUT2D eigenvalue weighted by molar-refractivity contribution is -0.139. The number of hydrogen-bond donors (Lipinski definition) is 2. The van der Waals surface area contributed by atoms with E-state index in [9.17, 15) is 28.7 Å². The average Bonchev–Trinajstić information content (AvgIpc) is 3.50. The van der Waals surface area contributed by atoms with Crippen LogP contribution >= 0.6 is 0 Å². The van der Waals surface area contributed by atoms with Crippen molar-refractivity contribution in [3.8, 4) is 28.7 Å². The van der Waals surface area contributed by atoms with Crippen LogP contribution < -0.4 is 10.1 Å². The molecule has 0 aliphatic carbocycles. The Morgan fingerprint density at radius 1 is 1.00 bits per heavy atom. The highest BCUT2D eigenvalue weighted by Crippen LogP contribution is 2.30. The fraction of sp³-hybridized carbons (Fsp3) is 0.585. The average molecular weight is 764 g/mol. The van der Waals surface area contributed by atoms with Crippen LogP contribution in [0.25, 0.3) is 11.1 Å². The van der Waals surface area contributed by atoms with Crippen molar-refractivity contribution in [2.75, 3.05) is 91.7 Å². The van der Waals surface area contributed by atoms with Crippen LogP contribution in [0.3, 0.4) is 0 Å². The van der Waals surface area contributed by atoms with Gasteiger partial charge in [0.1, 0.15) is 11.4 Å². The predicted octanol–water partition coefficient (Wildman–Crippen LogP) is 3.25. The minimum Gasteiger partial charge on any atom is -0.494 e. The number of likely N-dealkylation sites (tertiary alicyclic amines) is 1. The minimum absolute atomic E-state index is 0.0146. The highest BCUT2D eigenvalue weighted by atomic mass is 19.1. The number of likely N-dealkylation sites (N-methyl/N-ethyl adjacent to an activating group) is 1. The van der Waals surface area contributed by atoms with Crippen LogP contribution in [0, 0.1) is 11.8 Å². The van der Waals surface area contributed by atoms with E-state index in [0.717, 1.165) is 51.1 Å². The molecule has 2 aromatic rings. The standard InChI is InChI=1S/C41H58FN7O6/c1-5-8-10-33-26-41(4,42)31-49(33)37(50)28-44-40(54)35-15-16-43-27-36(35)32-11-13-34(14-12-32)55-25-9-18-46-21-23-48(24-22-46)38(51)29-45(7-3)19-20-47(17-6-2)30-39(52)53/h11-16,27,33H,5-7,9,17-26,28-31H2,1-4H3,(H,44,54)(H,52,53)/t33-,41?/m1/s1. The molecule has 2 aliphatic rings. The molecule has 1 unspecified atom stereocenters. The number of carbonyl (C=O) groups is 4. The number of pyridine rings is 1. The highest BCUT2D eigenvalue weighted by Gasteiger charge is 2.42. The van der Waals surface area contributed by atoms with Gasteiger partial charge in [0.05, 0.1) is 44.4 Å². The summed E-state index contributed by atoms with van der Waals surface area (Å²) in [5, 5.41) is 11.9. The molecular formula is C41H58FN7O6. The first kappa shape index (κ1) is 43.2. The molecule has 1 aromatic heterocycles. The molecule has 2 fully saturated rings. The first-order valence-corrected chi connectivity index (χ1v) is 19.5. The number of nitrogens with zero attached hydrogens (tertiary/aromatic N) is 6. The van der Waals surface area contributed by atoms with Gasteiger partial charge in [0.2, 0.25) is 11.8 Å². The number of aromatic nitrogens is 1. The molecule has 0 radical (unpaired) electrons. The molecule has 3 heterocycles. The van der Waals surface area contributed by atoms with Crippen LogP contribution in [0.15, 0.2) is 42.7 Å². The second kappa shape index (κ2) is 21.5. The van der Waals surface area contributed by atoms with Gasteiger partial charge < -0.3 is 25.0 Å². The van der Waals surface area contributed by atoms with Gasteiger partial charge in [-0.15, -0.1) is 5.92 Å². The zero-order valence-corrected chi connectivity index (χ0v) is 32.9. The molecule has 4 rings (SSSR count). The number of ether oxygens (including phenoxy) is 1. The van der Waals surface area contributed by atoms with Crippen molar-refractivity contribution in [2.45, 2.75) is 65.1 Å². The number of nitrogens with one attached hydrogen (secondary N) is 1. The topological polar surface area (TPSA) is 139 Å². The third-order valence-electron chi connectivity index (χ3n) is 9.94. The fourth-order valence-electron chi connectivity index (χ4n) is 6.96. The van der Waals surface area contributed by atoms with Crippen molar-refractivity contribution in [2.24, 2.45) is 0 Å². The van der Waals surface area contributed by atoms with Crippen LogP contribution in [0.1, 0.15) is 63.7 Å². The van der Waals surface area contributed by atoms with Crippen molar-refractivity contribution in [1.29, 1.82) is 0 Å². The maximum atomic E-state index is 14.7. The number of aliphatic carboxylic acids is 1. The number of alkyl halides is 1. The third kappa shape index (κ3) is 13.6. The predicted molar refractivity (Wildman–Crippen MR) is 209 cm³/mol. The third-order valence-corrected chi connectivity index (χ3v) is 9.94. The Hall–Kier alpha value is -4.58. The number of halogens is 1. The molecule has 0 bridgehead atoms. The summed E-state index contributed by atoms with van der Waals surface area (Å²) in [6, 6.07) is 8.53. The zero-order valence-electron chi connectivity index (χ0n) is 32.9. The van der Waals surface area contributed by atoms with Gasteiger partial charge in [0.15, 0.2) is 0 Å². The number of piperazine rings is 1. The maximum absolute atomic E-state index is 14.7. The smallest absolute Gasteiger partial charge is 0.317 e. The van der Waals surface area contributed by atoms with E-state index in [1.54, 1.807) is 12.3 Å². The van der Waals surface area contributed by atoms with E-state index in [1.165, 1.54) is 18.0 Å². The molecule has 0 spiro atoms. The molecule has 1 aromatic carbocycles. The van der Waals surface area contributed by atoms with Gasteiger partial charge in [-0.1, -0.05) is 38.8 Å². The number of rotatable bonds is 19. The Kier molecular flexibility index (Phi) is 16.9. The van der Waals surface area contributed by atoms with E-state index in [0.29, 0.717) is 62.6 Å². The lowest BCUT2D eigenvalue weighted by Crippen LogP contribution is -2.51. The second-order valence-corrected chi connectivity index (χ2v) is 14.4. The summed E-state index contributed by atoms with van der Waals surface area (Å²) in [4.78, 5) is 64.3. The quantitative estimate of drug-likeness (QED) is 0.162. The number of amides is 3. The Morgan fingerprint density at radius 3 is 2.40 bits per heavy atom. The highest BCUT2D eigenvalue weighted by molar-refractivity contribution is 6.02. The first-order chi connectivity index (χ1) is 26.4. The maximum Gasteiger partial charge on any atom is 0.317 e.